The van der Waals surface area contributed by atoms with E-state index in [9.17, 15) is 18.3 Å². The van der Waals surface area contributed by atoms with Crippen LogP contribution in [0.4, 0.5) is 13.2 Å². The summed E-state index contributed by atoms with van der Waals surface area (Å²) in [6.07, 6.45) is -1.14. The zero-order chi connectivity index (χ0) is 18.4. The summed E-state index contributed by atoms with van der Waals surface area (Å²) in [6.45, 7) is 6.16. The molecule has 7 heteroatoms. The molecule has 4 nitrogen and oxygen atoms in total. The predicted octanol–water partition coefficient (Wildman–Crippen LogP) is 4.57. The average molecular weight is 356 g/mol. The Morgan fingerprint density at radius 1 is 1.36 bits per heavy atom. The molecule has 0 aliphatic heterocycles. The molecule has 1 aromatic carbocycles. The number of aliphatic hydroxyl groups is 1. The Hall–Kier alpha value is -1.76. The number of aromatic nitrogens is 2. The van der Waals surface area contributed by atoms with Crippen molar-refractivity contribution in [2.45, 2.75) is 57.9 Å². The van der Waals surface area contributed by atoms with Crippen LogP contribution in [-0.2, 0) is 6.18 Å². The number of fused-ring (bicyclic) bond motifs is 1. The van der Waals surface area contributed by atoms with Gasteiger partial charge in [0.2, 0.25) is 0 Å². The van der Waals surface area contributed by atoms with Crippen LogP contribution >= 0.6 is 0 Å². The van der Waals surface area contributed by atoms with Crippen LogP contribution in [0, 0.1) is 5.92 Å². The van der Waals surface area contributed by atoms with Crippen LogP contribution in [0.15, 0.2) is 18.3 Å². The quantitative estimate of drug-likeness (QED) is 0.854. The van der Waals surface area contributed by atoms with Crippen molar-refractivity contribution in [3.8, 4) is 5.75 Å². The van der Waals surface area contributed by atoms with Crippen LogP contribution in [0.1, 0.15) is 51.6 Å². The Morgan fingerprint density at radius 2 is 2.04 bits per heavy atom. The first-order valence-corrected chi connectivity index (χ1v) is 8.50. The van der Waals surface area contributed by atoms with Crippen molar-refractivity contribution in [1.29, 1.82) is 0 Å². The van der Waals surface area contributed by atoms with E-state index in [1.165, 1.54) is 4.68 Å². The van der Waals surface area contributed by atoms with Gasteiger partial charge in [-0.2, -0.15) is 18.3 Å². The lowest BCUT2D eigenvalue weighted by molar-refractivity contribution is -0.136. The maximum absolute atomic E-state index is 13.4. The lowest BCUT2D eigenvalue weighted by atomic mass is 9.77. The Bertz CT molecular complexity index is 758. The van der Waals surface area contributed by atoms with Gasteiger partial charge in [0.05, 0.1) is 23.8 Å². The van der Waals surface area contributed by atoms with Crippen molar-refractivity contribution in [2.24, 2.45) is 5.92 Å². The molecule has 1 fully saturated rings. The maximum atomic E-state index is 13.4. The predicted molar refractivity (Wildman–Crippen MR) is 88.6 cm³/mol. The highest BCUT2D eigenvalue weighted by Crippen LogP contribution is 2.42. The summed E-state index contributed by atoms with van der Waals surface area (Å²) in [6, 6.07) is 2.55. The summed E-state index contributed by atoms with van der Waals surface area (Å²) in [4.78, 5) is 0. The van der Waals surface area contributed by atoms with Crippen LogP contribution in [0.3, 0.4) is 0 Å². The van der Waals surface area contributed by atoms with Crippen molar-refractivity contribution in [3.05, 3.63) is 23.9 Å². The fourth-order valence-electron chi connectivity index (χ4n) is 3.17. The summed E-state index contributed by atoms with van der Waals surface area (Å²) >= 11 is 0. The molecular formula is C18H23F3N2O2. The second kappa shape index (κ2) is 6.20. The number of halogens is 3. The van der Waals surface area contributed by atoms with Crippen LogP contribution in [0.5, 0.6) is 5.75 Å². The SMILES string of the molecule is CC(C)CCOc1cc(C(F)(F)F)c2nn(C3CC(C)(O)C3)cc2c1. The van der Waals surface area contributed by atoms with Crippen LogP contribution in [0.2, 0.25) is 0 Å². The molecule has 25 heavy (non-hydrogen) atoms. The highest BCUT2D eigenvalue weighted by molar-refractivity contribution is 5.83. The molecular weight excluding hydrogens is 333 g/mol. The van der Waals surface area contributed by atoms with Crippen molar-refractivity contribution in [3.63, 3.8) is 0 Å². The van der Waals surface area contributed by atoms with E-state index in [2.05, 4.69) is 5.10 Å². The Labute approximate surface area is 144 Å². The molecule has 0 saturated heterocycles. The summed E-state index contributed by atoms with van der Waals surface area (Å²) < 4.78 is 47.4. The fraction of sp³-hybridized carbons (Fsp3) is 0.611. The van der Waals surface area contributed by atoms with Gasteiger partial charge in [-0.15, -0.1) is 0 Å². The fourth-order valence-corrected chi connectivity index (χ4v) is 3.17. The molecule has 1 heterocycles. The minimum Gasteiger partial charge on any atom is -0.494 e. The van der Waals surface area contributed by atoms with Crippen molar-refractivity contribution in [2.75, 3.05) is 6.61 Å². The number of hydrogen-bond acceptors (Lipinski definition) is 3. The Balaban J connectivity index is 1.93. The normalized spacial score (nSPS) is 23.9. The van der Waals surface area contributed by atoms with E-state index in [0.717, 1.165) is 12.5 Å². The molecule has 0 spiro atoms. The number of hydrogen-bond donors (Lipinski definition) is 1. The van der Waals surface area contributed by atoms with Gasteiger partial charge in [0.25, 0.3) is 0 Å². The van der Waals surface area contributed by atoms with Gasteiger partial charge in [0.15, 0.2) is 0 Å². The highest BCUT2D eigenvalue weighted by atomic mass is 19.4. The van der Waals surface area contributed by atoms with E-state index in [0.29, 0.717) is 30.8 Å². The zero-order valence-electron chi connectivity index (χ0n) is 14.6. The third kappa shape index (κ3) is 3.92. The molecule has 3 rings (SSSR count). The van der Waals surface area contributed by atoms with Gasteiger partial charge in [-0.1, -0.05) is 13.8 Å². The summed E-state index contributed by atoms with van der Waals surface area (Å²) in [5.74, 6) is 0.626. The van der Waals surface area contributed by atoms with E-state index in [4.69, 9.17) is 4.74 Å². The second-order valence-corrected chi connectivity index (χ2v) is 7.61. The minimum absolute atomic E-state index is 0.0738. The van der Waals surface area contributed by atoms with E-state index >= 15 is 0 Å². The topological polar surface area (TPSA) is 47.3 Å². The van der Waals surface area contributed by atoms with Crippen LogP contribution in [0.25, 0.3) is 10.9 Å². The Kier molecular flexibility index (Phi) is 4.47. The molecule has 1 aliphatic rings. The third-order valence-electron chi connectivity index (χ3n) is 4.59. The standard InChI is InChI=1S/C18H23F3N2O2/c1-11(2)4-5-25-14-6-12-10-23(13-8-17(3,24)9-13)22-16(12)15(7-14)18(19,20)21/h6-7,10-11,13,24H,4-5,8-9H2,1-3H3. The smallest absolute Gasteiger partial charge is 0.418 e. The summed E-state index contributed by atoms with van der Waals surface area (Å²) in [5.41, 5.74) is -1.62. The van der Waals surface area contributed by atoms with E-state index in [1.54, 1.807) is 19.2 Å². The van der Waals surface area contributed by atoms with Crippen LogP contribution in [-0.4, -0.2) is 27.1 Å². The van der Waals surface area contributed by atoms with Gasteiger partial charge in [0.1, 0.15) is 11.3 Å². The lowest BCUT2D eigenvalue weighted by Gasteiger charge is -2.40. The molecule has 1 N–H and O–H groups in total. The summed E-state index contributed by atoms with van der Waals surface area (Å²) in [7, 11) is 0. The molecule has 0 radical (unpaired) electrons. The average Bonchev–Trinajstić information content (AvgIpc) is 2.85. The van der Waals surface area contributed by atoms with Gasteiger partial charge >= 0.3 is 6.18 Å². The molecule has 138 valence electrons. The number of benzene rings is 1. The molecule has 1 aliphatic carbocycles. The molecule has 0 unspecified atom stereocenters. The first-order valence-electron chi connectivity index (χ1n) is 8.50. The second-order valence-electron chi connectivity index (χ2n) is 7.61. The van der Waals surface area contributed by atoms with E-state index in [1.807, 2.05) is 13.8 Å². The number of rotatable bonds is 5. The maximum Gasteiger partial charge on any atom is 0.418 e. The van der Waals surface area contributed by atoms with Crippen LogP contribution < -0.4 is 4.74 Å². The Morgan fingerprint density at radius 3 is 2.60 bits per heavy atom. The van der Waals surface area contributed by atoms with Crippen molar-refractivity contribution < 1.29 is 23.0 Å². The van der Waals surface area contributed by atoms with Gasteiger partial charge < -0.3 is 9.84 Å². The number of nitrogens with zero attached hydrogens (tertiary/aromatic N) is 2. The van der Waals surface area contributed by atoms with Gasteiger partial charge in [0, 0.05) is 11.6 Å². The first-order chi connectivity index (χ1) is 11.5. The highest BCUT2D eigenvalue weighted by Gasteiger charge is 2.41. The lowest BCUT2D eigenvalue weighted by Crippen LogP contribution is -2.42. The van der Waals surface area contributed by atoms with E-state index < -0.39 is 17.3 Å². The van der Waals surface area contributed by atoms with E-state index in [-0.39, 0.29) is 17.3 Å². The zero-order valence-corrected chi connectivity index (χ0v) is 14.6. The molecule has 0 bridgehead atoms. The van der Waals surface area contributed by atoms with Crippen molar-refractivity contribution in [1.82, 2.24) is 9.78 Å². The molecule has 0 atom stereocenters. The molecule has 1 aromatic heterocycles. The molecule has 2 aromatic rings. The van der Waals surface area contributed by atoms with Gasteiger partial charge in [-0.25, -0.2) is 0 Å². The van der Waals surface area contributed by atoms with Gasteiger partial charge in [-0.05, 0) is 44.2 Å². The monoisotopic (exact) mass is 356 g/mol. The molecule has 0 amide bonds. The summed E-state index contributed by atoms with van der Waals surface area (Å²) in [5, 5.41) is 14.4. The van der Waals surface area contributed by atoms with Gasteiger partial charge in [-0.3, -0.25) is 4.68 Å². The largest absolute Gasteiger partial charge is 0.494 e. The van der Waals surface area contributed by atoms with Crippen molar-refractivity contribution >= 4 is 10.9 Å². The number of ether oxygens (including phenoxy) is 1. The first kappa shape index (κ1) is 18.0. The number of alkyl halides is 3. The molecule has 1 saturated carbocycles. The minimum atomic E-state index is -4.50. The third-order valence-corrected chi connectivity index (χ3v) is 4.59.